The maximum Gasteiger partial charge on any atom is 0.309 e. The molecule has 0 N–H and O–H groups in total. The predicted molar refractivity (Wildman–Crippen MR) is 238 cm³/mol. The number of carbonyl (C=O) groups excluding carboxylic acids is 3. The topological polar surface area (TPSA) is 78.9 Å². The van der Waals surface area contributed by atoms with E-state index >= 15 is 0 Å². The normalized spacial score (nSPS) is 12.6. The summed E-state index contributed by atoms with van der Waals surface area (Å²) >= 11 is 0. The van der Waals surface area contributed by atoms with Crippen molar-refractivity contribution >= 4 is 17.9 Å². The average Bonchev–Trinajstić information content (AvgIpc) is 3.19. The van der Waals surface area contributed by atoms with Crippen molar-refractivity contribution in [3.8, 4) is 0 Å². The molecule has 0 aliphatic rings. The molecule has 6 heteroatoms. The van der Waals surface area contributed by atoms with Crippen LogP contribution >= 0.6 is 0 Å². The first kappa shape index (κ1) is 53.1. The highest BCUT2D eigenvalue weighted by atomic mass is 16.6. The van der Waals surface area contributed by atoms with Crippen LogP contribution in [0, 0.1) is 0 Å². The summed E-state index contributed by atoms with van der Waals surface area (Å²) in [6, 6.07) is 0. The van der Waals surface area contributed by atoms with Gasteiger partial charge in [0, 0.05) is 12.8 Å². The molecule has 0 aliphatic carbocycles. The van der Waals surface area contributed by atoms with E-state index < -0.39 is 12.1 Å². The van der Waals surface area contributed by atoms with Crippen LogP contribution in [0.3, 0.4) is 0 Å². The Morgan fingerprint density at radius 1 is 0.393 bits per heavy atom. The van der Waals surface area contributed by atoms with E-state index in [0.29, 0.717) is 12.8 Å². The molecule has 0 saturated carbocycles. The van der Waals surface area contributed by atoms with Crippen molar-refractivity contribution in [3.63, 3.8) is 0 Å². The highest BCUT2D eigenvalue weighted by Crippen LogP contribution is 2.13. The molecule has 0 aliphatic heterocycles. The molecule has 1 unspecified atom stereocenters. The monoisotopic (exact) mass is 783 g/mol. The molecule has 0 bridgehead atoms. The van der Waals surface area contributed by atoms with E-state index in [2.05, 4.69) is 69.4 Å². The van der Waals surface area contributed by atoms with Crippen LogP contribution in [0.15, 0.2) is 60.8 Å². The molecule has 322 valence electrons. The smallest absolute Gasteiger partial charge is 0.309 e. The molecule has 0 saturated heterocycles. The fraction of sp³-hybridized carbons (Fsp3) is 0.740. The molecule has 0 radical (unpaired) electrons. The maximum absolute atomic E-state index is 12.7. The summed E-state index contributed by atoms with van der Waals surface area (Å²) in [5.41, 5.74) is 0. The average molecular weight is 783 g/mol. The molecule has 0 aromatic heterocycles. The number of allylic oxidation sites excluding steroid dienone is 9. The molecular formula is C50H86O6. The van der Waals surface area contributed by atoms with Crippen molar-refractivity contribution in [2.24, 2.45) is 0 Å². The van der Waals surface area contributed by atoms with Gasteiger partial charge in [-0.1, -0.05) is 184 Å². The van der Waals surface area contributed by atoms with Crippen LogP contribution < -0.4 is 0 Å². The summed E-state index contributed by atoms with van der Waals surface area (Å²) in [7, 11) is 0. The van der Waals surface area contributed by atoms with Gasteiger partial charge >= 0.3 is 17.9 Å². The Morgan fingerprint density at radius 2 is 0.786 bits per heavy atom. The van der Waals surface area contributed by atoms with E-state index in [4.69, 9.17) is 14.2 Å². The highest BCUT2D eigenvalue weighted by Gasteiger charge is 2.19. The first-order chi connectivity index (χ1) is 27.5. The minimum atomic E-state index is -0.814. The Kier molecular flexibility index (Phi) is 42.5. The first-order valence-electron chi connectivity index (χ1n) is 23.3. The fourth-order valence-electron chi connectivity index (χ4n) is 6.24. The third-order valence-corrected chi connectivity index (χ3v) is 9.76. The summed E-state index contributed by atoms with van der Waals surface area (Å²) in [4.78, 5) is 37.6. The molecular weight excluding hydrogens is 697 g/mol. The van der Waals surface area contributed by atoms with Crippen LogP contribution in [0.1, 0.15) is 220 Å². The van der Waals surface area contributed by atoms with Gasteiger partial charge in [-0.05, 0) is 77.0 Å². The van der Waals surface area contributed by atoms with Gasteiger partial charge in [0.05, 0.1) is 6.42 Å². The fourth-order valence-corrected chi connectivity index (χ4v) is 6.24. The largest absolute Gasteiger partial charge is 0.462 e. The summed E-state index contributed by atoms with van der Waals surface area (Å²) in [5.74, 6) is -1.06. The van der Waals surface area contributed by atoms with Crippen molar-refractivity contribution in [1.29, 1.82) is 0 Å². The zero-order valence-electron chi connectivity index (χ0n) is 36.6. The summed E-state index contributed by atoms with van der Waals surface area (Å²) in [5, 5.41) is 0. The number of carbonyl (C=O) groups is 3. The Hall–Kier alpha value is -2.89. The van der Waals surface area contributed by atoms with E-state index in [1.165, 1.54) is 103 Å². The molecule has 56 heavy (non-hydrogen) atoms. The van der Waals surface area contributed by atoms with Crippen molar-refractivity contribution in [3.05, 3.63) is 60.8 Å². The van der Waals surface area contributed by atoms with Crippen LogP contribution in [0.5, 0.6) is 0 Å². The SMILES string of the molecule is CC/C=C\C/C=C\C/C=C\CC(=O)OCC(COC(=O)CCCCCCC/C=C\CCCCCCCCCCC)OC(=O)CCCCCCC/C=C\CCCC. The van der Waals surface area contributed by atoms with E-state index in [0.717, 1.165) is 77.0 Å². The van der Waals surface area contributed by atoms with Gasteiger partial charge in [0.2, 0.25) is 0 Å². The lowest BCUT2D eigenvalue weighted by atomic mass is 10.1. The number of esters is 3. The second kappa shape index (κ2) is 44.8. The second-order valence-electron chi connectivity index (χ2n) is 15.3. The maximum atomic E-state index is 12.7. The van der Waals surface area contributed by atoms with Crippen LogP contribution in [-0.2, 0) is 28.6 Å². The lowest BCUT2D eigenvalue weighted by Gasteiger charge is -2.18. The van der Waals surface area contributed by atoms with Crippen LogP contribution in [-0.4, -0.2) is 37.2 Å². The number of unbranched alkanes of at least 4 members (excludes halogenated alkanes) is 21. The standard InChI is InChI=1S/C50H86O6/c1-4-7-10-13-16-19-21-22-23-24-25-26-27-29-31-34-37-40-43-49(52)55-46-47(45-54-48(51)42-39-36-33-30-18-15-12-9-6-3)56-50(53)44-41-38-35-32-28-20-17-14-11-8-5-2/h9,12,14,17-18,25-26,30,36,39,47H,4-8,10-11,13,15-16,19-24,27-29,31-35,37-38,40-46H2,1-3H3/b12-9-,17-14-,26-25-,30-18-,39-36-. The van der Waals surface area contributed by atoms with Crippen molar-refractivity contribution < 1.29 is 28.6 Å². The van der Waals surface area contributed by atoms with Crippen molar-refractivity contribution in [2.75, 3.05) is 13.2 Å². The third-order valence-electron chi connectivity index (χ3n) is 9.76. The summed E-state index contributed by atoms with van der Waals surface area (Å²) in [6.07, 6.45) is 53.9. The van der Waals surface area contributed by atoms with Gasteiger partial charge < -0.3 is 14.2 Å². The van der Waals surface area contributed by atoms with Gasteiger partial charge in [-0.2, -0.15) is 0 Å². The van der Waals surface area contributed by atoms with Crippen molar-refractivity contribution in [1.82, 2.24) is 0 Å². The minimum absolute atomic E-state index is 0.109. The molecule has 0 aromatic carbocycles. The van der Waals surface area contributed by atoms with Gasteiger partial charge in [-0.25, -0.2) is 0 Å². The molecule has 0 spiro atoms. The van der Waals surface area contributed by atoms with Gasteiger partial charge in [0.15, 0.2) is 6.10 Å². The molecule has 0 fully saturated rings. The Balaban J connectivity index is 4.37. The van der Waals surface area contributed by atoms with Crippen LogP contribution in [0.2, 0.25) is 0 Å². The number of rotatable bonds is 41. The van der Waals surface area contributed by atoms with Crippen LogP contribution in [0.25, 0.3) is 0 Å². The van der Waals surface area contributed by atoms with E-state index in [-0.39, 0.29) is 31.6 Å². The molecule has 6 nitrogen and oxygen atoms in total. The van der Waals surface area contributed by atoms with Gasteiger partial charge in [0.1, 0.15) is 13.2 Å². The minimum Gasteiger partial charge on any atom is -0.462 e. The molecule has 0 heterocycles. The molecule has 0 amide bonds. The molecule has 0 rings (SSSR count). The highest BCUT2D eigenvalue weighted by molar-refractivity contribution is 5.72. The van der Waals surface area contributed by atoms with Gasteiger partial charge in [0.25, 0.3) is 0 Å². The number of hydrogen-bond donors (Lipinski definition) is 0. The Bertz CT molecular complexity index is 1040. The zero-order valence-corrected chi connectivity index (χ0v) is 36.6. The summed E-state index contributed by atoms with van der Waals surface area (Å²) in [6.45, 7) is 6.36. The Morgan fingerprint density at radius 3 is 1.29 bits per heavy atom. The second-order valence-corrected chi connectivity index (χ2v) is 15.3. The Labute approximate surface area is 345 Å². The van der Waals surface area contributed by atoms with Gasteiger partial charge in [-0.3, -0.25) is 14.4 Å². The molecule has 0 aromatic rings. The van der Waals surface area contributed by atoms with E-state index in [9.17, 15) is 14.4 Å². The lowest BCUT2D eigenvalue weighted by molar-refractivity contribution is -0.166. The van der Waals surface area contributed by atoms with Gasteiger partial charge in [-0.15, -0.1) is 0 Å². The summed E-state index contributed by atoms with van der Waals surface area (Å²) < 4.78 is 16.6. The van der Waals surface area contributed by atoms with E-state index in [1.54, 1.807) is 6.08 Å². The predicted octanol–water partition coefficient (Wildman–Crippen LogP) is 14.9. The zero-order chi connectivity index (χ0) is 40.8. The first-order valence-corrected chi connectivity index (χ1v) is 23.3. The molecule has 1 atom stereocenters. The van der Waals surface area contributed by atoms with Crippen LogP contribution in [0.4, 0.5) is 0 Å². The third kappa shape index (κ3) is 42.3. The quantitative estimate of drug-likeness (QED) is 0.0266. The van der Waals surface area contributed by atoms with E-state index in [1.807, 2.05) is 6.08 Å². The number of ether oxygens (including phenoxy) is 3. The number of hydrogen-bond acceptors (Lipinski definition) is 6. The lowest BCUT2D eigenvalue weighted by Crippen LogP contribution is -2.30. The van der Waals surface area contributed by atoms with Crippen molar-refractivity contribution in [2.45, 2.75) is 226 Å².